The summed E-state index contributed by atoms with van der Waals surface area (Å²) in [5, 5.41) is 0. The summed E-state index contributed by atoms with van der Waals surface area (Å²) in [6.45, 7) is 6.06. The maximum absolute atomic E-state index is 12.6. The minimum atomic E-state index is -0.789. The van der Waals surface area contributed by atoms with E-state index in [2.05, 4.69) is 16.9 Å². The highest BCUT2D eigenvalue weighted by atomic mass is 16.5. The van der Waals surface area contributed by atoms with E-state index in [1.54, 1.807) is 0 Å². The van der Waals surface area contributed by atoms with Crippen molar-refractivity contribution in [2.24, 2.45) is 0 Å². The SMILES string of the molecule is COC(=O)C12C(=C(C)c3ccccc31)NNC2(C)C. The molecule has 0 saturated carbocycles. The minimum absolute atomic E-state index is 0.227. The molecule has 1 atom stereocenters. The molecule has 4 heteroatoms. The molecule has 0 radical (unpaired) electrons. The van der Waals surface area contributed by atoms with Gasteiger partial charge in [0.1, 0.15) is 0 Å². The van der Waals surface area contributed by atoms with Gasteiger partial charge in [0.25, 0.3) is 0 Å². The van der Waals surface area contributed by atoms with E-state index < -0.39 is 11.0 Å². The van der Waals surface area contributed by atoms with Gasteiger partial charge in [0.15, 0.2) is 5.41 Å². The molecule has 0 spiro atoms. The quantitative estimate of drug-likeness (QED) is 0.753. The number of carbonyl (C=O) groups is 1. The van der Waals surface area contributed by atoms with Crippen LogP contribution in [0.1, 0.15) is 31.9 Å². The molecule has 3 rings (SSSR count). The number of hydrogen-bond acceptors (Lipinski definition) is 4. The predicted molar refractivity (Wildman–Crippen MR) is 73.1 cm³/mol. The van der Waals surface area contributed by atoms with Gasteiger partial charge >= 0.3 is 5.97 Å². The molecule has 1 aromatic carbocycles. The van der Waals surface area contributed by atoms with Gasteiger partial charge in [0, 0.05) is 0 Å². The van der Waals surface area contributed by atoms with Crippen LogP contribution in [0.15, 0.2) is 30.0 Å². The largest absolute Gasteiger partial charge is 0.468 e. The highest BCUT2D eigenvalue weighted by molar-refractivity contribution is 5.99. The van der Waals surface area contributed by atoms with Crippen molar-refractivity contribution in [2.75, 3.05) is 7.11 Å². The first-order chi connectivity index (χ1) is 8.96. The van der Waals surface area contributed by atoms with Gasteiger partial charge in [-0.2, -0.15) is 0 Å². The Morgan fingerprint density at radius 2 is 1.95 bits per heavy atom. The molecule has 19 heavy (non-hydrogen) atoms. The number of rotatable bonds is 1. The van der Waals surface area contributed by atoms with Crippen LogP contribution >= 0.6 is 0 Å². The summed E-state index contributed by atoms with van der Waals surface area (Å²) < 4.78 is 5.13. The van der Waals surface area contributed by atoms with Crippen molar-refractivity contribution < 1.29 is 9.53 Å². The maximum atomic E-state index is 12.6. The van der Waals surface area contributed by atoms with E-state index in [1.807, 2.05) is 39.0 Å². The van der Waals surface area contributed by atoms with Crippen molar-refractivity contribution in [2.45, 2.75) is 31.7 Å². The Bertz CT molecular complexity index is 604. The number of carbonyl (C=O) groups excluding carboxylic acids is 1. The third-order valence-corrected chi connectivity index (χ3v) is 4.41. The van der Waals surface area contributed by atoms with Crippen LogP contribution in [0.5, 0.6) is 0 Å². The van der Waals surface area contributed by atoms with Gasteiger partial charge in [0.05, 0.1) is 18.3 Å². The van der Waals surface area contributed by atoms with Crippen molar-refractivity contribution in [1.29, 1.82) is 0 Å². The average molecular weight is 258 g/mol. The van der Waals surface area contributed by atoms with Gasteiger partial charge in [-0.05, 0) is 37.5 Å². The van der Waals surface area contributed by atoms with Crippen molar-refractivity contribution in [3.05, 3.63) is 41.1 Å². The minimum Gasteiger partial charge on any atom is -0.468 e. The van der Waals surface area contributed by atoms with E-state index in [1.165, 1.54) is 7.11 Å². The van der Waals surface area contributed by atoms with E-state index in [0.717, 1.165) is 22.4 Å². The predicted octanol–water partition coefficient (Wildman–Crippen LogP) is 1.73. The third-order valence-electron chi connectivity index (χ3n) is 4.41. The second-order valence-electron chi connectivity index (χ2n) is 5.66. The molecule has 1 unspecified atom stereocenters. The number of nitrogens with one attached hydrogen (secondary N) is 2. The van der Waals surface area contributed by atoms with Crippen molar-refractivity contribution >= 4 is 11.5 Å². The van der Waals surface area contributed by atoms with Gasteiger partial charge in [-0.3, -0.25) is 4.79 Å². The summed E-state index contributed by atoms with van der Waals surface area (Å²) in [7, 11) is 1.44. The number of esters is 1. The fraction of sp³-hybridized carbons (Fsp3) is 0.400. The molecule has 4 nitrogen and oxygen atoms in total. The summed E-state index contributed by atoms with van der Waals surface area (Å²) in [6, 6.07) is 8.03. The zero-order valence-corrected chi connectivity index (χ0v) is 11.6. The van der Waals surface area contributed by atoms with Crippen LogP contribution in [0.3, 0.4) is 0 Å². The lowest BCUT2D eigenvalue weighted by Crippen LogP contribution is -2.55. The standard InChI is InChI=1S/C15H18N2O2/c1-9-10-7-5-6-8-11(10)15(13(18)19-4)12(9)16-17-14(15,2)3/h5-8,16-17H,1-4H3. The Kier molecular flexibility index (Phi) is 2.32. The van der Waals surface area contributed by atoms with Crippen LogP contribution in [0.25, 0.3) is 5.57 Å². The van der Waals surface area contributed by atoms with Crippen molar-refractivity contribution in [1.82, 2.24) is 10.9 Å². The van der Waals surface area contributed by atoms with Gasteiger partial charge in [-0.1, -0.05) is 24.3 Å². The van der Waals surface area contributed by atoms with E-state index in [9.17, 15) is 4.79 Å². The van der Waals surface area contributed by atoms with E-state index >= 15 is 0 Å². The van der Waals surface area contributed by atoms with E-state index in [-0.39, 0.29) is 5.97 Å². The van der Waals surface area contributed by atoms with Gasteiger partial charge in [0.2, 0.25) is 0 Å². The fourth-order valence-electron chi connectivity index (χ4n) is 3.46. The first-order valence-electron chi connectivity index (χ1n) is 6.39. The van der Waals surface area contributed by atoms with Crippen molar-refractivity contribution in [3.8, 4) is 0 Å². The number of allylic oxidation sites excluding steroid dienone is 1. The molecule has 1 aliphatic heterocycles. The highest BCUT2D eigenvalue weighted by Gasteiger charge is 2.64. The Balaban J connectivity index is 2.39. The van der Waals surface area contributed by atoms with Crippen LogP contribution in [0.2, 0.25) is 0 Å². The fourth-order valence-corrected chi connectivity index (χ4v) is 3.46. The molecule has 1 heterocycles. The molecule has 2 aliphatic rings. The third kappa shape index (κ3) is 1.20. The molecule has 100 valence electrons. The Hall–Kier alpha value is -1.81. The molecule has 0 aromatic heterocycles. The van der Waals surface area contributed by atoms with Gasteiger partial charge in [-0.15, -0.1) is 0 Å². The van der Waals surface area contributed by atoms with Crippen LogP contribution in [0.4, 0.5) is 0 Å². The molecule has 1 saturated heterocycles. The highest BCUT2D eigenvalue weighted by Crippen LogP contribution is 2.53. The maximum Gasteiger partial charge on any atom is 0.324 e. The van der Waals surface area contributed by atoms with Gasteiger partial charge < -0.3 is 10.2 Å². The molecule has 0 amide bonds. The van der Waals surface area contributed by atoms with Gasteiger partial charge in [-0.25, -0.2) is 5.43 Å². The zero-order valence-electron chi connectivity index (χ0n) is 11.6. The van der Waals surface area contributed by atoms with Crippen LogP contribution in [-0.2, 0) is 14.9 Å². The monoisotopic (exact) mass is 258 g/mol. The van der Waals surface area contributed by atoms with E-state index in [4.69, 9.17) is 4.74 Å². The first-order valence-corrected chi connectivity index (χ1v) is 6.39. The number of hydrazine groups is 1. The van der Waals surface area contributed by atoms with E-state index in [0.29, 0.717) is 0 Å². The molecule has 1 aromatic rings. The average Bonchev–Trinajstić information content (AvgIpc) is 2.83. The molecule has 2 N–H and O–H groups in total. The summed E-state index contributed by atoms with van der Waals surface area (Å²) >= 11 is 0. The van der Waals surface area contributed by atoms with Crippen LogP contribution in [0, 0.1) is 0 Å². The second-order valence-corrected chi connectivity index (χ2v) is 5.66. The second kappa shape index (κ2) is 3.61. The number of fused-ring (bicyclic) bond motifs is 3. The number of benzene rings is 1. The van der Waals surface area contributed by atoms with Crippen LogP contribution < -0.4 is 10.9 Å². The number of methoxy groups -OCH3 is 1. The molecular weight excluding hydrogens is 240 g/mol. The summed E-state index contributed by atoms with van der Waals surface area (Å²) in [6.07, 6.45) is 0. The lowest BCUT2D eigenvalue weighted by Gasteiger charge is -2.36. The summed E-state index contributed by atoms with van der Waals surface area (Å²) in [4.78, 5) is 12.6. The Labute approximate surface area is 112 Å². The number of hydrogen-bond donors (Lipinski definition) is 2. The Morgan fingerprint density at radius 1 is 1.26 bits per heavy atom. The molecule has 1 fully saturated rings. The molecule has 0 bridgehead atoms. The zero-order chi connectivity index (χ0) is 13.8. The number of ether oxygens (including phenoxy) is 1. The van der Waals surface area contributed by atoms with Crippen molar-refractivity contribution in [3.63, 3.8) is 0 Å². The lowest BCUT2D eigenvalue weighted by molar-refractivity contribution is -0.147. The Morgan fingerprint density at radius 3 is 2.63 bits per heavy atom. The summed E-state index contributed by atoms with van der Waals surface area (Å²) in [5.41, 5.74) is 9.29. The smallest absolute Gasteiger partial charge is 0.324 e. The molecule has 1 aliphatic carbocycles. The topological polar surface area (TPSA) is 50.4 Å². The summed E-state index contributed by atoms with van der Waals surface area (Å²) in [5.74, 6) is -0.227. The lowest BCUT2D eigenvalue weighted by atomic mass is 9.68. The van der Waals surface area contributed by atoms with Crippen LogP contribution in [-0.4, -0.2) is 18.6 Å². The normalized spacial score (nSPS) is 26.7. The first kappa shape index (κ1) is 12.2. The molecular formula is C15H18N2O2.